The number of hydrogen-bond acceptors (Lipinski definition) is 12. The number of esters is 2. The molecule has 20 heteroatoms. The van der Waals surface area contributed by atoms with Gasteiger partial charge in [0, 0.05) is 19.0 Å². The van der Waals surface area contributed by atoms with Gasteiger partial charge >= 0.3 is 36.8 Å². The average molecular weight is 853 g/mol. The van der Waals surface area contributed by atoms with Crippen molar-refractivity contribution in [3.63, 3.8) is 0 Å². The molecule has 0 saturated carbocycles. The minimum atomic E-state index is -3.43. The summed E-state index contributed by atoms with van der Waals surface area (Å²) in [4.78, 5) is 33.4. The minimum Gasteiger partial charge on any atom is -0.870 e. The molecule has 0 bridgehead atoms. The van der Waals surface area contributed by atoms with Gasteiger partial charge in [0.05, 0.1) is 43.1 Å². The zero-order chi connectivity index (χ0) is 39.9. The van der Waals surface area contributed by atoms with Crippen LogP contribution in [0.2, 0.25) is 0 Å². The topological polar surface area (TPSA) is 229 Å². The van der Waals surface area contributed by atoms with Gasteiger partial charge in [0.2, 0.25) is 20.0 Å². The zero-order valence-corrected chi connectivity index (χ0v) is 34.6. The number of carbonyl (C=O) groups is 3. The van der Waals surface area contributed by atoms with Gasteiger partial charge < -0.3 is 20.1 Å². The third kappa shape index (κ3) is 15.6. The van der Waals surface area contributed by atoms with Crippen molar-refractivity contribution < 1.29 is 78.6 Å². The van der Waals surface area contributed by atoms with Crippen molar-refractivity contribution in [2.75, 3.05) is 37.2 Å². The molecular formula is C36H46ClLiN2O13S3. The molecule has 3 aliphatic heterocycles. The van der Waals surface area contributed by atoms with Gasteiger partial charge in [-0.25, -0.2) is 25.3 Å². The summed E-state index contributed by atoms with van der Waals surface area (Å²) in [5, 5.41) is 8.99. The number of rotatable bonds is 8. The van der Waals surface area contributed by atoms with E-state index in [0.717, 1.165) is 15.4 Å². The van der Waals surface area contributed by atoms with Crippen molar-refractivity contribution in [1.82, 2.24) is 8.61 Å². The van der Waals surface area contributed by atoms with Gasteiger partial charge in [0.1, 0.15) is 12.1 Å². The van der Waals surface area contributed by atoms with Crippen LogP contribution in [0.1, 0.15) is 36.0 Å². The van der Waals surface area contributed by atoms with E-state index in [4.69, 9.17) is 16.7 Å². The van der Waals surface area contributed by atoms with Crippen LogP contribution in [0.15, 0.2) is 91.0 Å². The summed E-state index contributed by atoms with van der Waals surface area (Å²) in [7, 11) is -7.19. The molecule has 3 heterocycles. The Kier molecular flexibility index (Phi) is 21.6. The van der Waals surface area contributed by atoms with E-state index in [9.17, 15) is 39.6 Å². The molecule has 3 aliphatic rings. The fourth-order valence-electron chi connectivity index (χ4n) is 5.71. The first kappa shape index (κ1) is 50.7. The van der Waals surface area contributed by atoms with E-state index in [0.29, 0.717) is 18.7 Å². The second kappa shape index (κ2) is 23.8. The number of carboxylic acids is 1. The number of nitrogens with zero attached hydrogens (tertiary/aromatic N) is 2. The molecule has 3 aromatic carbocycles. The first-order valence-electron chi connectivity index (χ1n) is 16.8. The monoisotopic (exact) mass is 852 g/mol. The molecule has 3 fully saturated rings. The molecule has 3 aromatic rings. The first-order valence-corrected chi connectivity index (χ1v) is 22.4. The van der Waals surface area contributed by atoms with Gasteiger partial charge in [0.25, 0.3) is 0 Å². The number of aliphatic carboxylic acids is 1. The molecule has 15 nitrogen and oxygen atoms in total. The van der Waals surface area contributed by atoms with Crippen LogP contribution < -0.4 is 18.9 Å². The second-order valence-electron chi connectivity index (χ2n) is 12.4. The normalized spacial score (nSPS) is 21.4. The molecule has 2 N–H and O–H groups in total. The van der Waals surface area contributed by atoms with Gasteiger partial charge in [-0.2, -0.15) is 8.61 Å². The van der Waals surface area contributed by atoms with Crippen molar-refractivity contribution in [3.05, 3.63) is 108 Å². The van der Waals surface area contributed by atoms with E-state index >= 15 is 0 Å². The fraction of sp³-hybridized carbons (Fsp3) is 0.417. The maximum atomic E-state index is 11.9. The molecule has 3 atom stereocenters. The van der Waals surface area contributed by atoms with E-state index in [1.165, 1.54) is 24.1 Å². The summed E-state index contributed by atoms with van der Waals surface area (Å²) < 4.78 is 80.4. The Bertz CT molecular complexity index is 2010. The Hall–Kier alpha value is -3.31. The third-order valence-electron chi connectivity index (χ3n) is 8.59. The maximum absolute atomic E-state index is 11.9. The van der Waals surface area contributed by atoms with Crippen LogP contribution in [-0.2, 0) is 72.7 Å². The van der Waals surface area contributed by atoms with Crippen molar-refractivity contribution in [2.45, 2.75) is 50.3 Å². The molecule has 0 radical (unpaired) electrons. The molecule has 6 rings (SSSR count). The Balaban J connectivity index is 0.000000384. The first-order chi connectivity index (χ1) is 25.5. The average Bonchev–Trinajstić information content (AvgIpc) is 3.79. The van der Waals surface area contributed by atoms with E-state index in [1.807, 2.05) is 66.7 Å². The number of benzene rings is 3. The molecule has 56 heavy (non-hydrogen) atoms. The van der Waals surface area contributed by atoms with Crippen LogP contribution in [0.3, 0.4) is 0 Å². The molecule has 3 saturated heterocycles. The number of sulfonamides is 2. The number of carboxylic acid groups (broad SMARTS) is 1. The number of ether oxygens (including phenoxy) is 2. The van der Waals surface area contributed by atoms with Crippen LogP contribution in [0.4, 0.5) is 0 Å². The van der Waals surface area contributed by atoms with Gasteiger partial charge in [-0.3, -0.25) is 14.4 Å². The van der Waals surface area contributed by atoms with Crippen molar-refractivity contribution in [1.29, 1.82) is 0 Å². The van der Waals surface area contributed by atoms with E-state index in [2.05, 4.69) is 9.47 Å². The number of halogens is 1. The molecule has 0 amide bonds. The van der Waals surface area contributed by atoms with Gasteiger partial charge in [-0.05, 0) is 36.0 Å². The summed E-state index contributed by atoms with van der Waals surface area (Å²) in [6.45, 7) is 0.336. The van der Waals surface area contributed by atoms with E-state index < -0.39 is 65.8 Å². The SMILES string of the molecule is COC(=O)C1CCS(=O)(=O)C1.COC(=O)C1CCS(=O)(=O)N1Cc1ccccc1.ClCc1ccccc1.O=C(O)C1CCS(=O)(=O)N1Cc1ccccc1.[Li+].[OH-]. The number of methoxy groups -OCH3 is 2. The van der Waals surface area contributed by atoms with Crippen LogP contribution in [0.25, 0.3) is 0 Å². The summed E-state index contributed by atoms with van der Waals surface area (Å²) in [5.41, 5.74) is 2.83. The zero-order valence-electron chi connectivity index (χ0n) is 31.3. The van der Waals surface area contributed by atoms with Crippen molar-refractivity contribution in [3.8, 4) is 0 Å². The summed E-state index contributed by atoms with van der Waals surface area (Å²) in [6.07, 6.45) is 0.862. The number of carbonyl (C=O) groups excluding carboxylic acids is 2. The predicted molar refractivity (Wildman–Crippen MR) is 205 cm³/mol. The Morgan fingerprint density at radius 1 is 0.643 bits per heavy atom. The van der Waals surface area contributed by atoms with Crippen LogP contribution in [0.5, 0.6) is 0 Å². The number of hydrogen-bond donors (Lipinski definition) is 1. The molecular weight excluding hydrogens is 807 g/mol. The molecule has 0 aromatic heterocycles. The molecule has 304 valence electrons. The smallest absolute Gasteiger partial charge is 0.870 e. The second-order valence-corrected chi connectivity index (χ2v) is 19.0. The van der Waals surface area contributed by atoms with E-state index in [-0.39, 0.29) is 66.9 Å². The minimum absolute atomic E-state index is 0. The summed E-state index contributed by atoms with van der Waals surface area (Å²) >= 11 is 5.53. The van der Waals surface area contributed by atoms with Crippen LogP contribution in [0, 0.1) is 5.92 Å². The predicted octanol–water partition coefficient (Wildman–Crippen LogP) is 0.286. The Morgan fingerprint density at radius 3 is 1.38 bits per heavy atom. The van der Waals surface area contributed by atoms with Gasteiger partial charge in [-0.15, -0.1) is 11.6 Å². The maximum Gasteiger partial charge on any atom is 1.00 e. The van der Waals surface area contributed by atoms with E-state index in [1.54, 1.807) is 24.3 Å². The summed E-state index contributed by atoms with van der Waals surface area (Å²) in [6, 6.07) is 26.5. The molecule has 0 spiro atoms. The summed E-state index contributed by atoms with van der Waals surface area (Å²) in [5.74, 6) is -1.81. The molecule has 3 unspecified atom stereocenters. The quantitative estimate of drug-likeness (QED) is 0.183. The largest absolute Gasteiger partial charge is 1.00 e. The van der Waals surface area contributed by atoms with Gasteiger partial charge in [0.15, 0.2) is 9.84 Å². The molecule has 0 aliphatic carbocycles. The van der Waals surface area contributed by atoms with Gasteiger partial charge in [-0.1, -0.05) is 91.0 Å². The fourth-order valence-corrected chi connectivity index (χ4v) is 11.0. The van der Waals surface area contributed by atoms with Crippen molar-refractivity contribution in [2.24, 2.45) is 5.92 Å². The third-order valence-corrected chi connectivity index (χ3v) is 14.4. The Labute approximate surface area is 345 Å². The Morgan fingerprint density at radius 2 is 1.04 bits per heavy atom. The van der Waals surface area contributed by atoms with Crippen LogP contribution in [-0.4, -0.2) is 112 Å². The van der Waals surface area contributed by atoms with Crippen LogP contribution >= 0.6 is 11.6 Å². The number of sulfone groups is 1. The number of alkyl halides is 1. The standard InChI is InChI=1S/C12H15NO4S.C11H13NO4S.C7H7Cl.C6H10O4S.Li.H2O/c1-17-12(14)11-7-8-18(15,16)13(11)9-10-5-3-2-4-6-10;13-11(14)10-6-7-17(15,16)12(10)8-9-4-2-1-3-5-9;8-6-7-4-2-1-3-5-7;1-10-6(7)5-2-3-11(8,9)4-5;;/h2-6,11H,7-9H2,1H3;1-5,10H,6-8H2,(H,13,14);1-5H,6H2;5H,2-4H2,1H3;;1H2/q;;;;+1;/p-1. The van der Waals surface area contributed by atoms with Crippen molar-refractivity contribution >= 4 is 59.4 Å².